The maximum Gasteiger partial charge on any atom is 0.419 e. The minimum Gasteiger partial charge on any atom is -0.495 e. The lowest BCUT2D eigenvalue weighted by Crippen LogP contribution is -2.58. The first-order valence-electron chi connectivity index (χ1n) is 11.6. The lowest BCUT2D eigenvalue weighted by Gasteiger charge is -2.42. The smallest absolute Gasteiger partial charge is 0.419 e. The maximum absolute atomic E-state index is 13.9. The third-order valence-corrected chi connectivity index (χ3v) is 6.32. The number of halogens is 4. The van der Waals surface area contributed by atoms with Gasteiger partial charge in [0.15, 0.2) is 5.69 Å². The Kier molecular flexibility index (Phi) is 8.82. The minimum absolute atomic E-state index is 0. The second kappa shape index (κ2) is 11.5. The van der Waals surface area contributed by atoms with Crippen LogP contribution in [0.25, 0.3) is 11.3 Å². The van der Waals surface area contributed by atoms with E-state index >= 15 is 0 Å². The van der Waals surface area contributed by atoms with Crippen LogP contribution in [-0.4, -0.2) is 74.0 Å². The number of carbonyl (C=O) groups is 1. The number of hydrogen-bond acceptors (Lipinski definition) is 8. The predicted octanol–water partition coefficient (Wildman–Crippen LogP) is 3.76. The SMILES string of the molecule is COc1ccc(-c2c(C(=O)N3C[C@@H](C)O[C@@H](C)[C@H]3CNc3ncc(C(F)(F)F)cn3)nn(C)c2C)nc1.Cl. The van der Waals surface area contributed by atoms with Gasteiger partial charge in [0.2, 0.25) is 5.95 Å². The number of aromatic nitrogens is 5. The number of nitrogens with one attached hydrogen (secondary N) is 1. The molecule has 3 aromatic rings. The van der Waals surface area contributed by atoms with Crippen molar-refractivity contribution in [3.8, 4) is 17.0 Å². The molecule has 0 radical (unpaired) electrons. The van der Waals surface area contributed by atoms with Crippen LogP contribution in [0.15, 0.2) is 30.7 Å². The molecule has 1 amide bonds. The van der Waals surface area contributed by atoms with Crippen molar-refractivity contribution in [1.82, 2.24) is 29.6 Å². The van der Waals surface area contributed by atoms with Crippen molar-refractivity contribution in [3.05, 3.63) is 47.7 Å². The summed E-state index contributed by atoms with van der Waals surface area (Å²) in [7, 11) is 3.30. The molecule has 4 rings (SSSR count). The molecule has 14 heteroatoms. The van der Waals surface area contributed by atoms with Crippen molar-refractivity contribution < 1.29 is 27.4 Å². The molecule has 10 nitrogen and oxygen atoms in total. The molecule has 4 heterocycles. The number of carbonyl (C=O) groups excluding carboxylic acids is 1. The first kappa shape index (κ1) is 29.1. The Morgan fingerprint density at radius 3 is 2.45 bits per heavy atom. The van der Waals surface area contributed by atoms with Crippen molar-refractivity contribution in [2.45, 2.75) is 45.2 Å². The number of amides is 1. The maximum atomic E-state index is 13.9. The second-order valence-corrected chi connectivity index (χ2v) is 8.87. The molecule has 1 aliphatic rings. The molecule has 1 N–H and O–H groups in total. The van der Waals surface area contributed by atoms with Gasteiger partial charge in [0.1, 0.15) is 5.75 Å². The molecule has 3 atom stereocenters. The summed E-state index contributed by atoms with van der Waals surface area (Å²) in [6.45, 7) is 6.03. The monoisotopic (exact) mass is 555 g/mol. The van der Waals surface area contributed by atoms with Crippen LogP contribution in [0.2, 0.25) is 0 Å². The normalized spacial score (nSPS) is 19.6. The van der Waals surface area contributed by atoms with E-state index in [2.05, 4.69) is 25.4 Å². The summed E-state index contributed by atoms with van der Waals surface area (Å²) in [4.78, 5) is 27.5. The number of morpholine rings is 1. The van der Waals surface area contributed by atoms with E-state index in [1.54, 1.807) is 42.1 Å². The summed E-state index contributed by atoms with van der Waals surface area (Å²) in [6.07, 6.45) is -2.13. The molecule has 1 aliphatic heterocycles. The molecule has 0 aromatic carbocycles. The Bertz CT molecular complexity index is 1250. The standard InChI is InChI=1S/C24H28F3N7O3.ClH/c1-13-12-34(19(15(3)37-13)11-31-23-29-8-16(9-30-23)24(25,26)27)22(35)21-20(14(2)33(4)32-21)18-7-6-17(36-5)10-28-18;/h6-10,13,15,19H,11-12H2,1-5H3,(H,29,30,31);1H/t13-,15+,19-;/m1./s1. The van der Waals surface area contributed by atoms with Gasteiger partial charge < -0.3 is 19.7 Å². The zero-order valence-electron chi connectivity index (χ0n) is 21.5. The van der Waals surface area contributed by atoms with Gasteiger partial charge in [0.25, 0.3) is 5.91 Å². The minimum atomic E-state index is -4.53. The molecule has 1 fully saturated rings. The van der Waals surface area contributed by atoms with Crippen LogP contribution in [0.1, 0.15) is 35.6 Å². The first-order chi connectivity index (χ1) is 17.5. The zero-order chi connectivity index (χ0) is 26.9. The van der Waals surface area contributed by atoms with Crippen LogP contribution >= 0.6 is 12.4 Å². The summed E-state index contributed by atoms with van der Waals surface area (Å²) < 4.78 is 51.3. The molecule has 3 aromatic heterocycles. The van der Waals surface area contributed by atoms with E-state index in [0.29, 0.717) is 35.9 Å². The number of aryl methyl sites for hydroxylation is 1. The fourth-order valence-corrected chi connectivity index (χ4v) is 4.29. The largest absolute Gasteiger partial charge is 0.495 e. The summed E-state index contributed by atoms with van der Waals surface area (Å²) >= 11 is 0. The number of rotatable bonds is 6. The van der Waals surface area contributed by atoms with Gasteiger partial charge in [0, 0.05) is 38.2 Å². The number of methoxy groups -OCH3 is 1. The highest BCUT2D eigenvalue weighted by molar-refractivity contribution is 5.99. The van der Waals surface area contributed by atoms with Gasteiger partial charge in [-0.15, -0.1) is 12.4 Å². The molecule has 0 unspecified atom stereocenters. The van der Waals surface area contributed by atoms with E-state index in [1.807, 2.05) is 20.8 Å². The van der Waals surface area contributed by atoms with Crippen molar-refractivity contribution in [2.75, 3.05) is 25.5 Å². The fraction of sp³-hybridized carbons (Fsp3) is 0.458. The van der Waals surface area contributed by atoms with Crippen LogP contribution < -0.4 is 10.1 Å². The van der Waals surface area contributed by atoms with Gasteiger partial charge in [-0.1, -0.05) is 0 Å². The first-order valence-corrected chi connectivity index (χ1v) is 11.6. The van der Waals surface area contributed by atoms with Crippen LogP contribution in [0.3, 0.4) is 0 Å². The Hall–Kier alpha value is -3.45. The van der Waals surface area contributed by atoms with E-state index in [0.717, 1.165) is 5.69 Å². The van der Waals surface area contributed by atoms with Gasteiger partial charge in [0.05, 0.1) is 48.4 Å². The summed E-state index contributed by atoms with van der Waals surface area (Å²) in [6, 6.07) is 3.07. The Labute approximate surface area is 224 Å². The summed E-state index contributed by atoms with van der Waals surface area (Å²) in [5.74, 6) is 0.298. The molecule has 0 saturated carbocycles. The van der Waals surface area contributed by atoms with E-state index in [1.165, 1.54) is 0 Å². The highest BCUT2D eigenvalue weighted by atomic mass is 35.5. The van der Waals surface area contributed by atoms with E-state index in [9.17, 15) is 18.0 Å². The highest BCUT2D eigenvalue weighted by Crippen LogP contribution is 2.30. The van der Waals surface area contributed by atoms with Crippen molar-refractivity contribution in [2.24, 2.45) is 7.05 Å². The lowest BCUT2D eigenvalue weighted by atomic mass is 10.0. The highest BCUT2D eigenvalue weighted by Gasteiger charge is 2.38. The Balaban J connectivity index is 0.00000400. The summed E-state index contributed by atoms with van der Waals surface area (Å²) in [5, 5.41) is 7.44. The van der Waals surface area contributed by atoms with E-state index < -0.39 is 17.8 Å². The fourth-order valence-electron chi connectivity index (χ4n) is 4.29. The van der Waals surface area contributed by atoms with Gasteiger partial charge in [-0.25, -0.2) is 9.97 Å². The number of ether oxygens (including phenoxy) is 2. The number of pyridine rings is 1. The van der Waals surface area contributed by atoms with Gasteiger partial charge in [-0.3, -0.25) is 14.5 Å². The topological polar surface area (TPSA) is 107 Å². The average molecular weight is 556 g/mol. The third-order valence-electron chi connectivity index (χ3n) is 6.32. The molecule has 38 heavy (non-hydrogen) atoms. The van der Waals surface area contributed by atoms with Crippen molar-refractivity contribution >= 4 is 24.3 Å². The van der Waals surface area contributed by atoms with Crippen molar-refractivity contribution in [1.29, 1.82) is 0 Å². The van der Waals surface area contributed by atoms with Crippen LogP contribution in [0, 0.1) is 6.92 Å². The van der Waals surface area contributed by atoms with Crippen molar-refractivity contribution in [3.63, 3.8) is 0 Å². The van der Waals surface area contributed by atoms with E-state index in [-0.39, 0.29) is 48.7 Å². The summed E-state index contributed by atoms with van der Waals surface area (Å²) in [5.41, 5.74) is 1.26. The molecule has 206 valence electrons. The Morgan fingerprint density at radius 2 is 1.87 bits per heavy atom. The molecular formula is C24H29ClF3N7O3. The number of hydrogen-bond donors (Lipinski definition) is 1. The van der Waals surface area contributed by atoms with E-state index in [4.69, 9.17) is 9.47 Å². The average Bonchev–Trinajstić information content (AvgIpc) is 3.16. The lowest BCUT2D eigenvalue weighted by molar-refractivity contribution is -0.138. The van der Waals surface area contributed by atoms with Crippen LogP contribution in [0.5, 0.6) is 5.75 Å². The molecule has 0 aliphatic carbocycles. The number of alkyl halides is 3. The second-order valence-electron chi connectivity index (χ2n) is 8.87. The van der Waals surface area contributed by atoms with Gasteiger partial charge >= 0.3 is 6.18 Å². The molecule has 0 bridgehead atoms. The quantitative estimate of drug-likeness (QED) is 0.490. The Morgan fingerprint density at radius 1 is 1.18 bits per heavy atom. The van der Waals surface area contributed by atoms with Crippen LogP contribution in [-0.2, 0) is 18.0 Å². The molecular weight excluding hydrogens is 527 g/mol. The molecule has 1 saturated heterocycles. The number of nitrogens with zero attached hydrogens (tertiary/aromatic N) is 6. The van der Waals surface area contributed by atoms with Gasteiger partial charge in [-0.05, 0) is 32.9 Å². The van der Waals surface area contributed by atoms with Gasteiger partial charge in [-0.2, -0.15) is 18.3 Å². The van der Waals surface area contributed by atoms with Crippen LogP contribution in [0.4, 0.5) is 19.1 Å². The zero-order valence-corrected chi connectivity index (χ0v) is 22.3. The molecule has 0 spiro atoms. The predicted molar refractivity (Wildman–Crippen MR) is 135 cm³/mol. The third kappa shape index (κ3) is 5.99. The number of anilines is 1.